The Morgan fingerprint density at radius 3 is 3.00 bits per heavy atom. The predicted molar refractivity (Wildman–Crippen MR) is 51.7 cm³/mol. The first-order valence-corrected chi connectivity index (χ1v) is 4.60. The monoisotopic (exact) mass is 212 g/mol. The molecule has 74 valence electrons. The summed E-state index contributed by atoms with van der Waals surface area (Å²) < 4.78 is 10.3. The zero-order valence-corrected chi connectivity index (χ0v) is 8.43. The fourth-order valence-corrected chi connectivity index (χ4v) is 1.69. The highest BCUT2D eigenvalue weighted by Gasteiger charge is 2.15. The van der Waals surface area contributed by atoms with E-state index in [-0.39, 0.29) is 12.6 Å². The molecule has 0 spiro atoms. The molecule has 0 radical (unpaired) electrons. The first-order chi connectivity index (χ1) is 6.68. The van der Waals surface area contributed by atoms with Crippen LogP contribution in [0.15, 0.2) is 12.1 Å². The molecule has 0 fully saturated rings. The highest BCUT2D eigenvalue weighted by molar-refractivity contribution is 6.34. The van der Waals surface area contributed by atoms with E-state index in [1.54, 1.807) is 12.1 Å². The Kier molecular flexibility index (Phi) is 2.44. The summed E-state index contributed by atoms with van der Waals surface area (Å²) in [7, 11) is 0. The minimum absolute atomic E-state index is 0.0621. The lowest BCUT2D eigenvalue weighted by molar-refractivity contribution is -0.0164. The lowest BCUT2D eigenvalue weighted by Crippen LogP contribution is -2.12. The first-order valence-electron chi connectivity index (χ1n) is 4.22. The highest BCUT2D eigenvalue weighted by atomic mass is 35.5. The van der Waals surface area contributed by atoms with Crippen LogP contribution in [-0.2, 0) is 11.3 Å². The third-order valence-corrected chi connectivity index (χ3v) is 2.40. The van der Waals surface area contributed by atoms with Crippen molar-refractivity contribution in [3.8, 4) is 5.75 Å². The lowest BCUT2D eigenvalue weighted by Gasteiger charge is -2.18. The van der Waals surface area contributed by atoms with Gasteiger partial charge in [0.2, 0.25) is 0 Å². The van der Waals surface area contributed by atoms with Crippen molar-refractivity contribution >= 4 is 17.4 Å². The van der Waals surface area contributed by atoms with E-state index in [1.807, 2.05) is 0 Å². The van der Waals surface area contributed by atoms with E-state index in [4.69, 9.17) is 21.1 Å². The van der Waals surface area contributed by atoms with Crippen molar-refractivity contribution in [3.63, 3.8) is 0 Å². The SMILES string of the molecule is CC(=O)c1cc2c(cc1Cl)COCO2. The molecule has 0 saturated carbocycles. The summed E-state index contributed by atoms with van der Waals surface area (Å²) >= 11 is 5.92. The molecule has 0 N–H and O–H groups in total. The smallest absolute Gasteiger partial charge is 0.189 e. The van der Waals surface area contributed by atoms with E-state index in [9.17, 15) is 4.79 Å². The summed E-state index contributed by atoms with van der Waals surface area (Å²) in [5.41, 5.74) is 1.37. The number of hydrogen-bond donors (Lipinski definition) is 0. The summed E-state index contributed by atoms with van der Waals surface area (Å²) in [5.74, 6) is 0.624. The second-order valence-electron chi connectivity index (χ2n) is 3.11. The fraction of sp³-hybridized carbons (Fsp3) is 0.300. The Morgan fingerprint density at radius 1 is 1.50 bits per heavy atom. The number of carbonyl (C=O) groups excluding carboxylic acids is 1. The van der Waals surface area contributed by atoms with Gasteiger partial charge in [0.1, 0.15) is 5.75 Å². The normalized spacial score (nSPS) is 14.4. The maximum Gasteiger partial charge on any atom is 0.189 e. The van der Waals surface area contributed by atoms with Gasteiger partial charge in [-0.05, 0) is 19.1 Å². The molecule has 0 amide bonds. The van der Waals surface area contributed by atoms with Crippen LogP contribution in [-0.4, -0.2) is 12.6 Å². The fourth-order valence-electron chi connectivity index (χ4n) is 1.37. The van der Waals surface area contributed by atoms with Gasteiger partial charge in [0.25, 0.3) is 0 Å². The van der Waals surface area contributed by atoms with Crippen LogP contribution >= 0.6 is 11.6 Å². The third kappa shape index (κ3) is 1.61. The molecule has 0 aliphatic carbocycles. The van der Waals surface area contributed by atoms with E-state index < -0.39 is 0 Å². The van der Waals surface area contributed by atoms with E-state index in [0.717, 1.165) is 5.56 Å². The van der Waals surface area contributed by atoms with Gasteiger partial charge in [-0.1, -0.05) is 11.6 Å². The van der Waals surface area contributed by atoms with Crippen molar-refractivity contribution in [1.29, 1.82) is 0 Å². The molecule has 1 aliphatic heterocycles. The lowest BCUT2D eigenvalue weighted by atomic mass is 10.1. The van der Waals surface area contributed by atoms with Gasteiger partial charge < -0.3 is 9.47 Å². The van der Waals surface area contributed by atoms with Crippen LogP contribution in [0.2, 0.25) is 5.02 Å². The van der Waals surface area contributed by atoms with Crippen LogP contribution in [0.5, 0.6) is 5.75 Å². The van der Waals surface area contributed by atoms with Crippen LogP contribution in [0, 0.1) is 0 Å². The quantitative estimate of drug-likeness (QED) is 0.671. The second-order valence-corrected chi connectivity index (χ2v) is 3.51. The molecule has 1 heterocycles. The Hall–Kier alpha value is -1.06. The topological polar surface area (TPSA) is 35.5 Å². The summed E-state index contributed by atoms with van der Waals surface area (Å²) in [6.45, 7) is 2.19. The number of Topliss-reactive ketones (excluding diaryl/α,β-unsaturated/α-hetero) is 1. The molecule has 0 saturated heterocycles. The van der Waals surface area contributed by atoms with Gasteiger partial charge in [0.05, 0.1) is 11.6 Å². The number of hydrogen-bond acceptors (Lipinski definition) is 3. The largest absolute Gasteiger partial charge is 0.467 e. The van der Waals surface area contributed by atoms with E-state index in [1.165, 1.54) is 6.92 Å². The number of carbonyl (C=O) groups is 1. The van der Waals surface area contributed by atoms with Gasteiger partial charge in [-0.25, -0.2) is 0 Å². The molecule has 0 aromatic heterocycles. The predicted octanol–water partition coefficient (Wildman–Crippen LogP) is 2.41. The highest BCUT2D eigenvalue weighted by Crippen LogP contribution is 2.30. The number of benzene rings is 1. The minimum Gasteiger partial charge on any atom is -0.467 e. The Bertz CT molecular complexity index is 387. The summed E-state index contributed by atoms with van der Waals surface area (Å²) in [5, 5.41) is 0.449. The molecule has 0 atom stereocenters. The number of halogens is 1. The van der Waals surface area contributed by atoms with Gasteiger partial charge in [-0.15, -0.1) is 0 Å². The van der Waals surface area contributed by atoms with Gasteiger partial charge >= 0.3 is 0 Å². The zero-order valence-electron chi connectivity index (χ0n) is 7.67. The molecule has 0 bridgehead atoms. The number of rotatable bonds is 1. The molecule has 2 rings (SSSR count). The summed E-state index contributed by atoms with van der Waals surface area (Å²) in [4.78, 5) is 11.2. The minimum atomic E-state index is -0.0621. The molecular formula is C10H9ClO3. The number of fused-ring (bicyclic) bond motifs is 1. The van der Waals surface area contributed by atoms with Crippen LogP contribution in [0.1, 0.15) is 22.8 Å². The third-order valence-electron chi connectivity index (χ3n) is 2.08. The number of ketones is 1. The maximum atomic E-state index is 11.2. The summed E-state index contributed by atoms with van der Waals surface area (Å²) in [6.07, 6.45) is 0. The maximum absolute atomic E-state index is 11.2. The molecule has 4 heteroatoms. The average Bonchev–Trinajstić information content (AvgIpc) is 2.16. The number of ether oxygens (including phenoxy) is 2. The molecule has 1 aromatic carbocycles. The molecule has 1 aliphatic rings. The van der Waals surface area contributed by atoms with Crippen molar-refractivity contribution in [2.75, 3.05) is 6.79 Å². The average molecular weight is 213 g/mol. The van der Waals surface area contributed by atoms with Crippen molar-refractivity contribution in [2.24, 2.45) is 0 Å². The van der Waals surface area contributed by atoms with Gasteiger partial charge in [-0.2, -0.15) is 0 Å². The van der Waals surface area contributed by atoms with E-state index in [2.05, 4.69) is 0 Å². The Balaban J connectivity index is 2.50. The van der Waals surface area contributed by atoms with E-state index >= 15 is 0 Å². The molecule has 1 aromatic rings. The van der Waals surface area contributed by atoms with Crippen molar-refractivity contribution in [1.82, 2.24) is 0 Å². The molecule has 3 nitrogen and oxygen atoms in total. The van der Waals surface area contributed by atoms with Crippen LogP contribution < -0.4 is 4.74 Å². The Morgan fingerprint density at radius 2 is 2.29 bits per heavy atom. The Labute approximate surface area is 86.6 Å². The second kappa shape index (κ2) is 3.59. The molecular weight excluding hydrogens is 204 g/mol. The first kappa shape index (κ1) is 9.49. The van der Waals surface area contributed by atoms with Crippen LogP contribution in [0.3, 0.4) is 0 Å². The molecule has 0 unspecified atom stereocenters. The van der Waals surface area contributed by atoms with Crippen molar-refractivity contribution in [2.45, 2.75) is 13.5 Å². The zero-order chi connectivity index (χ0) is 10.1. The van der Waals surface area contributed by atoms with Crippen LogP contribution in [0.25, 0.3) is 0 Å². The van der Waals surface area contributed by atoms with Gasteiger partial charge in [0.15, 0.2) is 12.6 Å². The van der Waals surface area contributed by atoms with Crippen LogP contribution in [0.4, 0.5) is 0 Å². The van der Waals surface area contributed by atoms with Gasteiger partial charge in [0, 0.05) is 11.1 Å². The van der Waals surface area contributed by atoms with Crippen molar-refractivity contribution in [3.05, 3.63) is 28.3 Å². The molecule has 14 heavy (non-hydrogen) atoms. The van der Waals surface area contributed by atoms with Crippen molar-refractivity contribution < 1.29 is 14.3 Å². The summed E-state index contributed by atoms with van der Waals surface area (Å²) in [6, 6.07) is 3.38. The van der Waals surface area contributed by atoms with E-state index in [0.29, 0.717) is 22.9 Å². The van der Waals surface area contributed by atoms with Gasteiger partial charge in [-0.3, -0.25) is 4.79 Å². The standard InChI is InChI=1S/C10H9ClO3/c1-6(12)8-3-10-7(2-9(8)11)4-13-5-14-10/h2-3H,4-5H2,1H3.